The monoisotopic (exact) mass is 536 g/mol. The van der Waals surface area contributed by atoms with Crippen molar-refractivity contribution < 1.29 is 23.7 Å². The Labute approximate surface area is 225 Å². The number of fused-ring (bicyclic) bond motifs is 1. The molecule has 1 aliphatic rings. The first kappa shape index (κ1) is 27.2. The molecule has 1 unspecified atom stereocenters. The second-order valence-electron chi connectivity index (χ2n) is 8.60. The third kappa shape index (κ3) is 5.24. The number of carbonyl (C=O) groups is 1. The van der Waals surface area contributed by atoms with E-state index in [1.54, 1.807) is 31.6 Å². The van der Waals surface area contributed by atoms with Crippen LogP contribution in [0.15, 0.2) is 57.5 Å². The van der Waals surface area contributed by atoms with Crippen LogP contribution in [0.2, 0.25) is 0 Å². The van der Waals surface area contributed by atoms with E-state index in [4.69, 9.17) is 18.9 Å². The Balaban J connectivity index is 1.94. The van der Waals surface area contributed by atoms with Gasteiger partial charge in [0.2, 0.25) is 0 Å². The molecule has 0 saturated carbocycles. The van der Waals surface area contributed by atoms with Gasteiger partial charge in [0.25, 0.3) is 5.56 Å². The van der Waals surface area contributed by atoms with E-state index in [0.717, 1.165) is 16.9 Å². The van der Waals surface area contributed by atoms with Crippen LogP contribution in [0.25, 0.3) is 6.08 Å². The molecule has 4 rings (SSSR count). The molecule has 0 bridgehead atoms. The molecular weight excluding hydrogens is 504 g/mol. The van der Waals surface area contributed by atoms with Gasteiger partial charge >= 0.3 is 5.97 Å². The van der Waals surface area contributed by atoms with Crippen molar-refractivity contribution in [3.63, 3.8) is 0 Å². The van der Waals surface area contributed by atoms with Crippen LogP contribution in [0.5, 0.6) is 17.2 Å². The van der Waals surface area contributed by atoms with Crippen molar-refractivity contribution in [1.29, 1.82) is 0 Å². The van der Waals surface area contributed by atoms with Crippen molar-refractivity contribution in [2.45, 2.75) is 40.7 Å². The van der Waals surface area contributed by atoms with Gasteiger partial charge in [-0.3, -0.25) is 9.36 Å². The minimum atomic E-state index is -0.741. The lowest BCUT2D eigenvalue weighted by molar-refractivity contribution is -0.139. The van der Waals surface area contributed by atoms with Gasteiger partial charge in [-0.15, -0.1) is 0 Å². The summed E-state index contributed by atoms with van der Waals surface area (Å²) in [6, 6.07) is 10.5. The van der Waals surface area contributed by atoms with Gasteiger partial charge in [0.05, 0.1) is 48.8 Å². The van der Waals surface area contributed by atoms with Crippen molar-refractivity contribution in [2.75, 3.05) is 26.9 Å². The molecule has 38 heavy (non-hydrogen) atoms. The average molecular weight is 537 g/mol. The number of rotatable bonds is 9. The number of aryl methyl sites for hydroxylation is 1. The minimum Gasteiger partial charge on any atom is -0.496 e. The highest BCUT2D eigenvalue weighted by molar-refractivity contribution is 7.07. The molecule has 0 fully saturated rings. The number of hydrogen-bond acceptors (Lipinski definition) is 8. The average Bonchev–Trinajstić information content (AvgIpc) is 3.19. The first-order valence-corrected chi connectivity index (χ1v) is 13.4. The Bertz CT molecular complexity index is 1570. The number of allylic oxidation sites excluding steroid dienone is 1. The highest BCUT2D eigenvalue weighted by atomic mass is 32.1. The zero-order valence-corrected chi connectivity index (χ0v) is 23.3. The standard InChI is InChI=1S/C29H32N2O6S/c1-7-35-21-13-12-20(16-23(21)36-8-2)26-25(28(33)37-9-3)18(5)30-29-31(26)27(32)24(38-29)15-19-11-10-17(4)22(14-19)34-6/h10-16,26H,7-9H2,1-6H3. The fourth-order valence-corrected chi connectivity index (χ4v) is 5.47. The first-order valence-electron chi connectivity index (χ1n) is 12.6. The fourth-order valence-electron chi connectivity index (χ4n) is 4.42. The number of carbonyl (C=O) groups excluding carboxylic acids is 1. The molecule has 1 aliphatic heterocycles. The molecule has 0 N–H and O–H groups in total. The van der Waals surface area contributed by atoms with Crippen LogP contribution >= 0.6 is 11.3 Å². The first-order chi connectivity index (χ1) is 18.3. The third-order valence-corrected chi connectivity index (χ3v) is 7.11. The number of aromatic nitrogens is 1. The Morgan fingerprint density at radius 1 is 1.00 bits per heavy atom. The van der Waals surface area contributed by atoms with Crippen LogP contribution in [0.1, 0.15) is 50.4 Å². The molecule has 8 nitrogen and oxygen atoms in total. The number of nitrogens with zero attached hydrogens (tertiary/aromatic N) is 2. The van der Waals surface area contributed by atoms with Gasteiger partial charge in [-0.1, -0.05) is 29.5 Å². The molecule has 3 aromatic rings. The molecule has 9 heteroatoms. The van der Waals surface area contributed by atoms with Gasteiger partial charge in [0.1, 0.15) is 5.75 Å². The van der Waals surface area contributed by atoms with E-state index in [2.05, 4.69) is 4.99 Å². The van der Waals surface area contributed by atoms with Crippen molar-refractivity contribution in [3.8, 4) is 17.2 Å². The summed E-state index contributed by atoms with van der Waals surface area (Å²) in [5, 5.41) is 0. The number of thiazole rings is 1. The van der Waals surface area contributed by atoms with Crippen LogP contribution in [0, 0.1) is 6.92 Å². The van der Waals surface area contributed by atoms with E-state index < -0.39 is 12.0 Å². The van der Waals surface area contributed by atoms with Crippen LogP contribution in [-0.4, -0.2) is 37.5 Å². The van der Waals surface area contributed by atoms with Crippen molar-refractivity contribution in [2.24, 2.45) is 4.99 Å². The lowest BCUT2D eigenvalue weighted by Gasteiger charge is -2.25. The van der Waals surface area contributed by atoms with Crippen molar-refractivity contribution >= 4 is 23.4 Å². The van der Waals surface area contributed by atoms with Gasteiger partial charge in [0.15, 0.2) is 16.3 Å². The molecule has 1 atom stereocenters. The summed E-state index contributed by atoms with van der Waals surface area (Å²) < 4.78 is 24.5. The molecular formula is C29H32N2O6S. The van der Waals surface area contributed by atoms with E-state index in [9.17, 15) is 9.59 Å². The maximum absolute atomic E-state index is 13.9. The lowest BCUT2D eigenvalue weighted by atomic mass is 9.95. The highest BCUT2D eigenvalue weighted by Gasteiger charge is 2.34. The van der Waals surface area contributed by atoms with Crippen molar-refractivity contribution in [3.05, 3.63) is 84.0 Å². The molecule has 2 heterocycles. The van der Waals surface area contributed by atoms with Gasteiger partial charge in [-0.05, 0) is 75.6 Å². The molecule has 0 saturated heterocycles. The largest absolute Gasteiger partial charge is 0.496 e. The topological polar surface area (TPSA) is 88.4 Å². The number of methoxy groups -OCH3 is 1. The van der Waals surface area contributed by atoms with Gasteiger partial charge in [-0.25, -0.2) is 9.79 Å². The smallest absolute Gasteiger partial charge is 0.338 e. The SMILES string of the molecule is CCOC(=O)C1=C(C)N=c2sc(=Cc3ccc(C)c(OC)c3)c(=O)n2C1c1ccc(OCC)c(OCC)c1. The van der Waals surface area contributed by atoms with Crippen molar-refractivity contribution in [1.82, 2.24) is 4.57 Å². The van der Waals surface area contributed by atoms with Crippen LogP contribution in [0.4, 0.5) is 0 Å². The highest BCUT2D eigenvalue weighted by Crippen LogP contribution is 2.36. The summed E-state index contributed by atoms with van der Waals surface area (Å²) in [5.74, 6) is 1.36. The molecule has 1 aromatic heterocycles. The van der Waals surface area contributed by atoms with Crippen LogP contribution in [-0.2, 0) is 9.53 Å². The molecule has 200 valence electrons. The summed E-state index contributed by atoms with van der Waals surface area (Å²) in [5.41, 5.74) is 3.09. The maximum atomic E-state index is 13.9. The van der Waals surface area contributed by atoms with Gasteiger partial charge in [0, 0.05) is 0 Å². The number of hydrogen-bond donors (Lipinski definition) is 0. The minimum absolute atomic E-state index is 0.204. The molecule has 0 amide bonds. The van der Waals surface area contributed by atoms with E-state index in [0.29, 0.717) is 50.9 Å². The van der Waals surface area contributed by atoms with E-state index in [-0.39, 0.29) is 12.2 Å². The summed E-state index contributed by atoms with van der Waals surface area (Å²) in [6.45, 7) is 10.4. The predicted octanol–water partition coefficient (Wildman–Crippen LogP) is 3.91. The van der Waals surface area contributed by atoms with Gasteiger partial charge < -0.3 is 18.9 Å². The van der Waals surface area contributed by atoms with E-state index in [1.807, 2.05) is 57.2 Å². The summed E-state index contributed by atoms with van der Waals surface area (Å²) in [4.78, 5) is 32.2. The number of benzene rings is 2. The molecule has 0 spiro atoms. The zero-order valence-electron chi connectivity index (χ0n) is 22.5. The van der Waals surface area contributed by atoms with E-state index in [1.165, 1.54) is 11.3 Å². The van der Waals surface area contributed by atoms with Crippen LogP contribution in [0.3, 0.4) is 0 Å². The Morgan fingerprint density at radius 3 is 2.42 bits per heavy atom. The fraction of sp³-hybridized carbons (Fsp3) is 0.345. The zero-order chi connectivity index (χ0) is 27.4. The molecule has 0 aliphatic carbocycles. The third-order valence-electron chi connectivity index (χ3n) is 6.13. The van der Waals surface area contributed by atoms with Gasteiger partial charge in [-0.2, -0.15) is 0 Å². The summed E-state index contributed by atoms with van der Waals surface area (Å²) in [7, 11) is 1.62. The maximum Gasteiger partial charge on any atom is 0.338 e. The Hall–Kier alpha value is -3.85. The summed E-state index contributed by atoms with van der Waals surface area (Å²) >= 11 is 1.27. The molecule has 0 radical (unpaired) electrons. The predicted molar refractivity (Wildman–Crippen MR) is 147 cm³/mol. The quantitative estimate of drug-likeness (QED) is 0.386. The lowest BCUT2D eigenvalue weighted by Crippen LogP contribution is -2.40. The van der Waals surface area contributed by atoms with Crippen LogP contribution < -0.4 is 29.1 Å². The Kier molecular flexibility index (Phi) is 8.36. The second-order valence-corrected chi connectivity index (χ2v) is 9.61. The summed E-state index contributed by atoms with van der Waals surface area (Å²) in [6.07, 6.45) is 1.82. The second kappa shape index (κ2) is 11.7. The molecule has 2 aromatic carbocycles. The number of esters is 1. The normalized spacial score (nSPS) is 15.1. The Morgan fingerprint density at radius 2 is 1.74 bits per heavy atom. The number of ether oxygens (including phenoxy) is 4. The van der Waals surface area contributed by atoms with E-state index >= 15 is 0 Å².